The van der Waals surface area contributed by atoms with E-state index in [-0.39, 0.29) is 11.8 Å². The van der Waals surface area contributed by atoms with Crippen molar-refractivity contribution in [3.8, 4) is 0 Å². The number of rotatable bonds is 1. The zero-order valence-electron chi connectivity index (χ0n) is 12.6. The van der Waals surface area contributed by atoms with Gasteiger partial charge in [0.05, 0.1) is 12.0 Å². The number of carbonyl (C=O) groups is 2. The summed E-state index contributed by atoms with van der Waals surface area (Å²) in [4.78, 5) is 43.1. The summed E-state index contributed by atoms with van der Waals surface area (Å²) >= 11 is 0. The molecule has 1 aromatic carbocycles. The molecule has 2 aromatic rings. The van der Waals surface area contributed by atoms with Crippen molar-refractivity contribution in [3.05, 3.63) is 46.3 Å². The molecule has 23 heavy (non-hydrogen) atoms. The van der Waals surface area contributed by atoms with E-state index in [1.807, 2.05) is 12.1 Å². The molecule has 0 bridgehead atoms. The molecular formula is C16H14N2O5. The number of benzene rings is 1. The lowest BCUT2D eigenvalue weighted by molar-refractivity contribution is -0.168. The molecule has 0 spiro atoms. The van der Waals surface area contributed by atoms with Crippen LogP contribution >= 0.6 is 0 Å². The summed E-state index contributed by atoms with van der Waals surface area (Å²) in [5, 5.41) is 2.21. The minimum absolute atomic E-state index is 0.299. The predicted octanol–water partition coefficient (Wildman–Crippen LogP) is 0.694. The second-order valence-electron chi connectivity index (χ2n) is 5.80. The Labute approximate surface area is 131 Å². The molecule has 0 radical (unpaired) electrons. The molecule has 0 saturated carbocycles. The minimum atomic E-state index is -0.839. The Hall–Kier alpha value is -2.51. The highest BCUT2D eigenvalue weighted by molar-refractivity contribution is 6.07. The van der Waals surface area contributed by atoms with Crippen LogP contribution in [0.1, 0.15) is 11.6 Å². The average Bonchev–Trinajstić information content (AvgIpc) is 2.97. The number of likely N-dealkylation sites (N-methyl/N-ethyl adjacent to an activating group) is 1. The maximum absolute atomic E-state index is 12.4. The fourth-order valence-electron chi connectivity index (χ4n) is 3.46. The van der Waals surface area contributed by atoms with Crippen molar-refractivity contribution >= 4 is 22.8 Å². The van der Waals surface area contributed by atoms with Gasteiger partial charge in [0.25, 0.3) is 5.91 Å². The van der Waals surface area contributed by atoms with Gasteiger partial charge in [-0.15, -0.1) is 0 Å². The first-order chi connectivity index (χ1) is 11.0. The van der Waals surface area contributed by atoms with Crippen LogP contribution in [0.4, 0.5) is 0 Å². The SMILES string of the molecule is CN1C(=O)[C@@H]2[C@@H](ON(C)[C@H]2c2cc(=O)oc3ccccc23)C1=O. The van der Waals surface area contributed by atoms with Crippen LogP contribution in [0.3, 0.4) is 0 Å². The molecule has 3 heterocycles. The summed E-state index contributed by atoms with van der Waals surface area (Å²) in [6.07, 6.45) is -0.839. The second kappa shape index (κ2) is 4.74. The van der Waals surface area contributed by atoms with E-state index in [1.54, 1.807) is 19.2 Å². The predicted molar refractivity (Wildman–Crippen MR) is 79.1 cm³/mol. The van der Waals surface area contributed by atoms with Gasteiger partial charge in [-0.05, 0) is 11.6 Å². The first kappa shape index (κ1) is 14.1. The third-order valence-corrected chi connectivity index (χ3v) is 4.53. The fraction of sp³-hybridized carbons (Fsp3) is 0.312. The molecule has 0 N–H and O–H groups in total. The van der Waals surface area contributed by atoms with Gasteiger partial charge >= 0.3 is 5.63 Å². The monoisotopic (exact) mass is 314 g/mol. The van der Waals surface area contributed by atoms with E-state index in [9.17, 15) is 14.4 Å². The van der Waals surface area contributed by atoms with Crippen molar-refractivity contribution in [2.45, 2.75) is 12.1 Å². The van der Waals surface area contributed by atoms with E-state index in [1.165, 1.54) is 18.2 Å². The number of hydrogen-bond donors (Lipinski definition) is 0. The van der Waals surface area contributed by atoms with E-state index >= 15 is 0 Å². The van der Waals surface area contributed by atoms with Crippen LogP contribution in [-0.2, 0) is 14.4 Å². The largest absolute Gasteiger partial charge is 0.423 e. The summed E-state index contributed by atoms with van der Waals surface area (Å²) in [5.74, 6) is -1.32. The highest BCUT2D eigenvalue weighted by Gasteiger charge is 2.58. The summed E-state index contributed by atoms with van der Waals surface area (Å²) in [6, 6.07) is 7.96. The third kappa shape index (κ3) is 1.87. The molecule has 0 unspecified atom stereocenters. The number of hydroxylamine groups is 2. The molecule has 7 nitrogen and oxygen atoms in total. The molecular weight excluding hydrogens is 300 g/mol. The normalized spacial score (nSPS) is 27.9. The quantitative estimate of drug-likeness (QED) is 0.569. The summed E-state index contributed by atoms with van der Waals surface area (Å²) < 4.78 is 5.20. The standard InChI is InChI=1S/C16H14N2O5/c1-17-15(20)12-13(18(2)23-14(12)16(17)21)9-7-11(19)22-10-6-4-3-5-8(9)10/h3-7,12-14H,1-2H3/t12-,13-,14+/m0/s1. The fourth-order valence-corrected chi connectivity index (χ4v) is 3.46. The van der Waals surface area contributed by atoms with Crippen LogP contribution in [0.15, 0.2) is 39.5 Å². The van der Waals surface area contributed by atoms with Gasteiger partial charge < -0.3 is 4.42 Å². The van der Waals surface area contributed by atoms with Crippen LogP contribution in [0.2, 0.25) is 0 Å². The first-order valence-electron chi connectivity index (χ1n) is 7.23. The number of para-hydroxylation sites is 1. The van der Waals surface area contributed by atoms with E-state index in [0.717, 1.165) is 10.3 Å². The number of amides is 2. The topological polar surface area (TPSA) is 80.1 Å². The summed E-state index contributed by atoms with van der Waals surface area (Å²) in [6.45, 7) is 0. The van der Waals surface area contributed by atoms with Gasteiger partial charge in [0.15, 0.2) is 6.10 Å². The van der Waals surface area contributed by atoms with E-state index in [0.29, 0.717) is 11.1 Å². The number of likely N-dealkylation sites (tertiary alicyclic amines) is 1. The highest BCUT2D eigenvalue weighted by Crippen LogP contribution is 2.44. The van der Waals surface area contributed by atoms with Crippen LogP contribution in [-0.4, -0.2) is 42.0 Å². The number of imide groups is 1. The number of hydrogen-bond acceptors (Lipinski definition) is 6. The second-order valence-corrected chi connectivity index (χ2v) is 5.80. The average molecular weight is 314 g/mol. The van der Waals surface area contributed by atoms with Crippen molar-refractivity contribution in [2.75, 3.05) is 14.1 Å². The summed E-state index contributed by atoms with van der Waals surface area (Å²) in [5.41, 5.74) is 0.570. The Kier molecular flexibility index (Phi) is 2.91. The van der Waals surface area contributed by atoms with Gasteiger partial charge in [-0.2, -0.15) is 5.06 Å². The Morgan fingerprint density at radius 2 is 1.78 bits per heavy atom. The van der Waals surface area contributed by atoms with Gasteiger partial charge in [-0.1, -0.05) is 18.2 Å². The lowest BCUT2D eigenvalue weighted by atomic mass is 9.89. The van der Waals surface area contributed by atoms with Gasteiger partial charge in [0.2, 0.25) is 5.91 Å². The molecule has 2 aliphatic rings. The molecule has 2 fully saturated rings. The number of carbonyl (C=O) groups excluding carboxylic acids is 2. The minimum Gasteiger partial charge on any atom is -0.423 e. The van der Waals surface area contributed by atoms with Crippen molar-refractivity contribution in [1.29, 1.82) is 0 Å². The lowest BCUT2D eigenvalue weighted by Crippen LogP contribution is -2.33. The van der Waals surface area contributed by atoms with Gasteiger partial charge in [-0.25, -0.2) is 4.79 Å². The van der Waals surface area contributed by atoms with Crippen molar-refractivity contribution in [3.63, 3.8) is 0 Å². The highest BCUT2D eigenvalue weighted by atomic mass is 16.7. The van der Waals surface area contributed by atoms with Crippen molar-refractivity contribution in [2.24, 2.45) is 5.92 Å². The zero-order chi connectivity index (χ0) is 16.3. The van der Waals surface area contributed by atoms with E-state index in [4.69, 9.17) is 9.25 Å². The Morgan fingerprint density at radius 3 is 2.57 bits per heavy atom. The van der Waals surface area contributed by atoms with Crippen LogP contribution in [0.25, 0.3) is 11.0 Å². The van der Waals surface area contributed by atoms with Gasteiger partial charge in [0.1, 0.15) is 5.58 Å². The molecule has 0 aliphatic carbocycles. The van der Waals surface area contributed by atoms with Crippen molar-refractivity contribution in [1.82, 2.24) is 9.96 Å². The summed E-state index contributed by atoms with van der Waals surface area (Å²) in [7, 11) is 3.10. The molecule has 118 valence electrons. The van der Waals surface area contributed by atoms with E-state index < -0.39 is 23.7 Å². The van der Waals surface area contributed by atoms with Crippen LogP contribution < -0.4 is 5.63 Å². The lowest BCUT2D eigenvalue weighted by Gasteiger charge is -2.23. The van der Waals surface area contributed by atoms with Crippen molar-refractivity contribution < 1.29 is 18.8 Å². The molecule has 2 aliphatic heterocycles. The Morgan fingerprint density at radius 1 is 1.04 bits per heavy atom. The Balaban J connectivity index is 1.92. The van der Waals surface area contributed by atoms with Gasteiger partial charge in [0, 0.05) is 25.5 Å². The molecule has 2 saturated heterocycles. The zero-order valence-corrected chi connectivity index (χ0v) is 12.6. The van der Waals surface area contributed by atoms with Crippen LogP contribution in [0.5, 0.6) is 0 Å². The van der Waals surface area contributed by atoms with Crippen LogP contribution in [0, 0.1) is 5.92 Å². The smallest absolute Gasteiger partial charge is 0.336 e. The Bertz CT molecular complexity index is 889. The number of nitrogens with zero attached hydrogens (tertiary/aromatic N) is 2. The maximum atomic E-state index is 12.4. The number of fused-ring (bicyclic) bond motifs is 2. The van der Waals surface area contributed by atoms with Gasteiger partial charge in [-0.3, -0.25) is 19.3 Å². The maximum Gasteiger partial charge on any atom is 0.336 e. The van der Waals surface area contributed by atoms with E-state index in [2.05, 4.69) is 0 Å². The molecule has 7 heteroatoms. The molecule has 1 aromatic heterocycles. The molecule has 3 atom stereocenters. The third-order valence-electron chi connectivity index (χ3n) is 4.53. The molecule has 4 rings (SSSR count). The first-order valence-corrected chi connectivity index (χ1v) is 7.23. The molecule has 2 amide bonds.